The van der Waals surface area contributed by atoms with Gasteiger partial charge < -0.3 is 10.5 Å². The van der Waals surface area contributed by atoms with E-state index in [-0.39, 0.29) is 17.7 Å². The van der Waals surface area contributed by atoms with Gasteiger partial charge in [0.25, 0.3) is 0 Å². The second kappa shape index (κ2) is 7.02. The molecule has 3 heteroatoms. The zero-order valence-corrected chi connectivity index (χ0v) is 10.6. The Balaban J connectivity index is 2.31. The quantitative estimate of drug-likeness (QED) is 0.707. The number of hydrogen-bond donors (Lipinski definition) is 1. The first-order valence-electron chi connectivity index (χ1n) is 6.43. The molecule has 3 unspecified atom stereocenters. The van der Waals surface area contributed by atoms with E-state index in [1.54, 1.807) is 7.11 Å². The monoisotopic (exact) mass is 227 g/mol. The summed E-state index contributed by atoms with van der Waals surface area (Å²) in [6, 6.07) is -0.273. The minimum Gasteiger partial charge on any atom is -0.385 e. The second-order valence-corrected chi connectivity index (χ2v) is 5.11. The van der Waals surface area contributed by atoms with Gasteiger partial charge in [-0.25, -0.2) is 0 Å². The summed E-state index contributed by atoms with van der Waals surface area (Å²) in [4.78, 5) is 12.1. The molecule has 16 heavy (non-hydrogen) atoms. The molecule has 0 heterocycles. The third-order valence-corrected chi connectivity index (χ3v) is 3.57. The van der Waals surface area contributed by atoms with Crippen molar-refractivity contribution in [2.24, 2.45) is 17.6 Å². The molecule has 0 bridgehead atoms. The number of hydrogen-bond acceptors (Lipinski definition) is 3. The summed E-state index contributed by atoms with van der Waals surface area (Å²) in [6.07, 6.45) is 6.17. The van der Waals surface area contributed by atoms with Crippen molar-refractivity contribution in [1.29, 1.82) is 0 Å². The van der Waals surface area contributed by atoms with Gasteiger partial charge in [-0.3, -0.25) is 4.79 Å². The normalized spacial score (nSPS) is 27.7. The average Bonchev–Trinajstić information content (AvgIpc) is 2.28. The molecule has 2 N–H and O–H groups in total. The molecule has 3 nitrogen and oxygen atoms in total. The van der Waals surface area contributed by atoms with E-state index >= 15 is 0 Å². The van der Waals surface area contributed by atoms with Crippen molar-refractivity contribution in [3.8, 4) is 0 Å². The lowest BCUT2D eigenvalue weighted by molar-refractivity contribution is -0.125. The summed E-state index contributed by atoms with van der Waals surface area (Å²) in [5, 5.41) is 0. The fourth-order valence-corrected chi connectivity index (χ4v) is 2.59. The standard InChI is InChI=1S/C13H25NO2/c1-10-5-3-6-11(9-10)13(15)12(14)7-4-8-16-2/h10-12H,3-9,14H2,1-2H3. The van der Waals surface area contributed by atoms with Crippen LogP contribution in [-0.4, -0.2) is 25.5 Å². The van der Waals surface area contributed by atoms with E-state index in [1.807, 2.05) is 0 Å². The van der Waals surface area contributed by atoms with Gasteiger partial charge in [0.1, 0.15) is 0 Å². The van der Waals surface area contributed by atoms with Crippen LogP contribution in [0, 0.1) is 11.8 Å². The van der Waals surface area contributed by atoms with Crippen molar-refractivity contribution < 1.29 is 9.53 Å². The van der Waals surface area contributed by atoms with Crippen LogP contribution < -0.4 is 5.73 Å². The van der Waals surface area contributed by atoms with Crippen molar-refractivity contribution in [1.82, 2.24) is 0 Å². The van der Waals surface area contributed by atoms with Crippen molar-refractivity contribution in [3.63, 3.8) is 0 Å². The van der Waals surface area contributed by atoms with Crippen LogP contribution >= 0.6 is 0 Å². The Morgan fingerprint density at radius 2 is 2.25 bits per heavy atom. The molecule has 0 radical (unpaired) electrons. The maximum atomic E-state index is 12.1. The predicted molar refractivity (Wildman–Crippen MR) is 65.2 cm³/mol. The minimum atomic E-state index is -0.273. The number of ketones is 1. The first-order valence-corrected chi connectivity index (χ1v) is 6.43. The maximum Gasteiger partial charge on any atom is 0.152 e. The number of Topliss-reactive ketones (excluding diaryl/α,β-unsaturated/α-hetero) is 1. The molecular weight excluding hydrogens is 202 g/mol. The summed E-state index contributed by atoms with van der Waals surface area (Å²) in [7, 11) is 1.68. The number of carbonyl (C=O) groups is 1. The van der Waals surface area contributed by atoms with E-state index in [0.717, 1.165) is 25.7 Å². The molecule has 0 aromatic carbocycles. The summed E-state index contributed by atoms with van der Waals surface area (Å²) in [6.45, 7) is 2.93. The van der Waals surface area contributed by atoms with Crippen LogP contribution in [0.2, 0.25) is 0 Å². The lowest BCUT2D eigenvalue weighted by Gasteiger charge is -2.27. The van der Waals surface area contributed by atoms with Crippen LogP contribution in [0.1, 0.15) is 45.4 Å². The van der Waals surface area contributed by atoms with Crippen molar-refractivity contribution >= 4 is 5.78 Å². The van der Waals surface area contributed by atoms with Gasteiger partial charge in [-0.1, -0.05) is 19.8 Å². The molecule has 94 valence electrons. The van der Waals surface area contributed by atoms with Gasteiger partial charge in [-0.15, -0.1) is 0 Å². The lowest BCUT2D eigenvalue weighted by Crippen LogP contribution is -2.37. The zero-order chi connectivity index (χ0) is 12.0. The Morgan fingerprint density at radius 3 is 2.88 bits per heavy atom. The van der Waals surface area contributed by atoms with Gasteiger partial charge in [0.05, 0.1) is 6.04 Å². The van der Waals surface area contributed by atoms with Gasteiger partial charge in [-0.05, 0) is 31.6 Å². The highest BCUT2D eigenvalue weighted by Crippen LogP contribution is 2.29. The molecule has 3 atom stereocenters. The summed E-state index contributed by atoms with van der Waals surface area (Å²) in [5.41, 5.74) is 5.93. The van der Waals surface area contributed by atoms with E-state index in [1.165, 1.54) is 12.8 Å². The zero-order valence-electron chi connectivity index (χ0n) is 10.6. The summed E-state index contributed by atoms with van der Waals surface area (Å²) in [5.74, 6) is 1.19. The molecule has 0 spiro atoms. The first-order chi connectivity index (χ1) is 7.65. The molecule has 1 aliphatic carbocycles. The van der Waals surface area contributed by atoms with Crippen LogP contribution in [0.25, 0.3) is 0 Å². The molecule has 1 aliphatic rings. The third-order valence-electron chi connectivity index (χ3n) is 3.57. The molecule has 0 amide bonds. The molecule has 0 aromatic heterocycles. The van der Waals surface area contributed by atoms with Gasteiger partial charge in [0, 0.05) is 19.6 Å². The number of carbonyl (C=O) groups excluding carboxylic acids is 1. The van der Waals surface area contributed by atoms with E-state index in [4.69, 9.17) is 10.5 Å². The summed E-state index contributed by atoms with van der Waals surface area (Å²) >= 11 is 0. The fraction of sp³-hybridized carbons (Fsp3) is 0.923. The van der Waals surface area contributed by atoms with Gasteiger partial charge in [0.15, 0.2) is 5.78 Å². The van der Waals surface area contributed by atoms with Crippen LogP contribution in [-0.2, 0) is 9.53 Å². The number of nitrogens with two attached hydrogens (primary N) is 1. The van der Waals surface area contributed by atoms with Crippen LogP contribution in [0.3, 0.4) is 0 Å². The van der Waals surface area contributed by atoms with Crippen molar-refractivity contribution in [3.05, 3.63) is 0 Å². The SMILES string of the molecule is COCCCC(N)C(=O)C1CCCC(C)C1. The van der Waals surface area contributed by atoms with Gasteiger partial charge in [-0.2, -0.15) is 0 Å². The fourth-order valence-electron chi connectivity index (χ4n) is 2.59. The lowest BCUT2D eigenvalue weighted by atomic mass is 9.78. The van der Waals surface area contributed by atoms with Gasteiger partial charge >= 0.3 is 0 Å². The smallest absolute Gasteiger partial charge is 0.152 e. The van der Waals surface area contributed by atoms with Crippen molar-refractivity contribution in [2.75, 3.05) is 13.7 Å². The second-order valence-electron chi connectivity index (χ2n) is 5.11. The first kappa shape index (κ1) is 13.7. The topological polar surface area (TPSA) is 52.3 Å². The highest BCUT2D eigenvalue weighted by atomic mass is 16.5. The van der Waals surface area contributed by atoms with Crippen LogP contribution in [0.15, 0.2) is 0 Å². The number of methoxy groups -OCH3 is 1. The molecular formula is C13H25NO2. The summed E-state index contributed by atoms with van der Waals surface area (Å²) < 4.78 is 4.97. The highest BCUT2D eigenvalue weighted by molar-refractivity contribution is 5.86. The Kier molecular flexibility index (Phi) is 5.99. The Morgan fingerprint density at radius 1 is 1.50 bits per heavy atom. The number of rotatable bonds is 6. The Labute approximate surface area is 98.7 Å². The van der Waals surface area contributed by atoms with E-state index in [0.29, 0.717) is 12.5 Å². The minimum absolute atomic E-state index is 0.223. The predicted octanol–water partition coefficient (Wildman–Crippen LogP) is 2.14. The molecule has 1 fully saturated rings. The average molecular weight is 227 g/mol. The highest BCUT2D eigenvalue weighted by Gasteiger charge is 2.28. The molecule has 1 rings (SSSR count). The molecule has 0 aliphatic heterocycles. The van der Waals surface area contributed by atoms with E-state index < -0.39 is 0 Å². The van der Waals surface area contributed by atoms with E-state index in [9.17, 15) is 4.79 Å². The largest absolute Gasteiger partial charge is 0.385 e. The van der Waals surface area contributed by atoms with Crippen LogP contribution in [0.5, 0.6) is 0 Å². The van der Waals surface area contributed by atoms with E-state index in [2.05, 4.69) is 6.92 Å². The van der Waals surface area contributed by atoms with Crippen molar-refractivity contribution in [2.45, 2.75) is 51.5 Å². The Hall–Kier alpha value is -0.410. The van der Waals surface area contributed by atoms with Gasteiger partial charge in [0.2, 0.25) is 0 Å². The molecule has 0 aromatic rings. The third kappa shape index (κ3) is 4.22. The molecule has 0 saturated heterocycles. The Bertz CT molecular complexity index is 218. The molecule has 1 saturated carbocycles. The van der Waals surface area contributed by atoms with Crippen LogP contribution in [0.4, 0.5) is 0 Å². The maximum absolute atomic E-state index is 12.1. The number of ether oxygens (including phenoxy) is 1.